The van der Waals surface area contributed by atoms with Crippen LogP contribution in [0.15, 0.2) is 42.6 Å². The third-order valence-electron chi connectivity index (χ3n) is 2.30. The fourth-order valence-electron chi connectivity index (χ4n) is 1.38. The van der Waals surface area contributed by atoms with Crippen LogP contribution in [0, 0.1) is 10.1 Å². The number of nitrogens with zero attached hydrogens (tertiary/aromatic N) is 2. The molecule has 0 atom stereocenters. The lowest BCUT2D eigenvalue weighted by Gasteiger charge is -2.09. The normalized spacial score (nSPS) is 9.85. The monoisotopic (exact) mass is 308 g/mol. The van der Waals surface area contributed by atoms with E-state index in [0.29, 0.717) is 16.0 Å². The van der Waals surface area contributed by atoms with E-state index in [1.807, 2.05) is 0 Å². The quantitative estimate of drug-likeness (QED) is 0.513. The Morgan fingerprint density at radius 3 is 2.45 bits per heavy atom. The molecule has 0 saturated carbocycles. The van der Waals surface area contributed by atoms with Crippen LogP contribution in [0.4, 0.5) is 17.2 Å². The second kappa shape index (κ2) is 6.27. The molecule has 1 aromatic carbocycles. The summed E-state index contributed by atoms with van der Waals surface area (Å²) in [6.45, 7) is 0. The number of pyridine rings is 1. The minimum atomic E-state index is -0.513. The Kier molecular flexibility index (Phi) is 4.44. The van der Waals surface area contributed by atoms with Gasteiger partial charge in [-0.25, -0.2) is 4.98 Å². The van der Waals surface area contributed by atoms with Gasteiger partial charge in [-0.2, -0.15) is 0 Å². The lowest BCUT2D eigenvalue weighted by molar-refractivity contribution is -0.385. The third kappa shape index (κ3) is 3.87. The summed E-state index contributed by atoms with van der Waals surface area (Å²) in [6, 6.07) is 9.85. The standard InChI is InChI=1S/C12H9ClN4O2S/c13-8-1-3-9(4-2-8)15-12(20)16-11-6-5-10(7-14-11)17(18)19/h1-7H,(H2,14,15,16,20). The number of hydrogen-bond acceptors (Lipinski definition) is 4. The Balaban J connectivity index is 1.97. The van der Waals surface area contributed by atoms with E-state index >= 15 is 0 Å². The molecule has 0 amide bonds. The maximum atomic E-state index is 10.5. The number of nitro groups is 1. The molecule has 0 fully saturated rings. The second-order valence-corrected chi connectivity index (χ2v) is 4.59. The molecule has 0 aliphatic heterocycles. The van der Waals surface area contributed by atoms with Gasteiger partial charge in [0.1, 0.15) is 12.0 Å². The van der Waals surface area contributed by atoms with Crippen molar-refractivity contribution in [3.05, 3.63) is 57.7 Å². The van der Waals surface area contributed by atoms with Crippen molar-refractivity contribution < 1.29 is 4.92 Å². The van der Waals surface area contributed by atoms with Gasteiger partial charge in [-0.3, -0.25) is 10.1 Å². The van der Waals surface area contributed by atoms with Crippen LogP contribution in [0.1, 0.15) is 0 Å². The Hall–Kier alpha value is -2.25. The fraction of sp³-hybridized carbons (Fsp3) is 0. The van der Waals surface area contributed by atoms with Crippen LogP contribution in [0.3, 0.4) is 0 Å². The number of anilines is 2. The van der Waals surface area contributed by atoms with Crippen LogP contribution in [-0.4, -0.2) is 15.0 Å². The van der Waals surface area contributed by atoms with Gasteiger partial charge in [0.15, 0.2) is 5.11 Å². The van der Waals surface area contributed by atoms with Crippen molar-refractivity contribution in [2.45, 2.75) is 0 Å². The zero-order chi connectivity index (χ0) is 14.5. The lowest BCUT2D eigenvalue weighted by Crippen LogP contribution is -2.19. The summed E-state index contributed by atoms with van der Waals surface area (Å²) in [7, 11) is 0. The molecule has 0 radical (unpaired) electrons. The minimum Gasteiger partial charge on any atom is -0.332 e. The number of benzene rings is 1. The van der Waals surface area contributed by atoms with Crippen molar-refractivity contribution in [1.29, 1.82) is 0 Å². The summed E-state index contributed by atoms with van der Waals surface area (Å²) < 4.78 is 0. The van der Waals surface area contributed by atoms with Crippen molar-refractivity contribution in [1.82, 2.24) is 4.98 Å². The van der Waals surface area contributed by atoms with Gasteiger partial charge in [-0.15, -0.1) is 0 Å². The van der Waals surface area contributed by atoms with Crippen LogP contribution in [0.5, 0.6) is 0 Å². The molecule has 1 heterocycles. The smallest absolute Gasteiger partial charge is 0.287 e. The lowest BCUT2D eigenvalue weighted by atomic mass is 10.3. The number of halogens is 1. The molecule has 0 bridgehead atoms. The van der Waals surface area contributed by atoms with Gasteiger partial charge < -0.3 is 10.6 Å². The molecule has 8 heteroatoms. The van der Waals surface area contributed by atoms with E-state index in [1.54, 1.807) is 24.3 Å². The number of aromatic nitrogens is 1. The van der Waals surface area contributed by atoms with E-state index in [1.165, 1.54) is 12.1 Å². The van der Waals surface area contributed by atoms with Gasteiger partial charge in [-0.05, 0) is 42.5 Å². The van der Waals surface area contributed by atoms with Crippen molar-refractivity contribution in [2.75, 3.05) is 10.6 Å². The third-order valence-corrected chi connectivity index (χ3v) is 2.76. The van der Waals surface area contributed by atoms with E-state index in [2.05, 4.69) is 15.6 Å². The summed E-state index contributed by atoms with van der Waals surface area (Å²) >= 11 is 10.9. The average molecular weight is 309 g/mol. The molecule has 2 rings (SSSR count). The maximum Gasteiger partial charge on any atom is 0.287 e. The van der Waals surface area contributed by atoms with Gasteiger partial charge in [0.25, 0.3) is 5.69 Å². The first-order valence-corrected chi connectivity index (χ1v) is 6.27. The molecule has 1 aromatic heterocycles. The predicted molar refractivity (Wildman–Crippen MR) is 82.2 cm³/mol. The van der Waals surface area contributed by atoms with Gasteiger partial charge in [0, 0.05) is 16.8 Å². The number of hydrogen-bond donors (Lipinski definition) is 2. The number of rotatable bonds is 3. The molecule has 0 saturated heterocycles. The molecule has 2 N–H and O–H groups in total. The molecule has 0 aliphatic carbocycles. The fourth-order valence-corrected chi connectivity index (χ4v) is 1.73. The summed E-state index contributed by atoms with van der Waals surface area (Å²) in [4.78, 5) is 13.9. The maximum absolute atomic E-state index is 10.5. The highest BCUT2D eigenvalue weighted by atomic mass is 35.5. The highest BCUT2D eigenvalue weighted by molar-refractivity contribution is 7.80. The van der Waals surface area contributed by atoms with E-state index in [-0.39, 0.29) is 5.69 Å². The zero-order valence-electron chi connectivity index (χ0n) is 10.0. The Bertz CT molecular complexity index is 631. The average Bonchev–Trinajstić information content (AvgIpc) is 2.42. The Morgan fingerprint density at radius 2 is 1.90 bits per heavy atom. The second-order valence-electron chi connectivity index (χ2n) is 3.74. The van der Waals surface area contributed by atoms with E-state index in [4.69, 9.17) is 23.8 Å². The summed E-state index contributed by atoms with van der Waals surface area (Å²) in [5.74, 6) is 0.419. The molecule has 102 valence electrons. The summed E-state index contributed by atoms with van der Waals surface area (Å²) in [6.07, 6.45) is 1.16. The number of nitrogens with one attached hydrogen (secondary N) is 2. The van der Waals surface area contributed by atoms with Crippen molar-refractivity contribution in [2.24, 2.45) is 0 Å². The molecular weight excluding hydrogens is 300 g/mol. The molecule has 0 aliphatic rings. The molecular formula is C12H9ClN4O2S. The van der Waals surface area contributed by atoms with Crippen LogP contribution in [0.25, 0.3) is 0 Å². The predicted octanol–water partition coefficient (Wildman–Crippen LogP) is 3.45. The van der Waals surface area contributed by atoms with Crippen molar-refractivity contribution >= 4 is 46.1 Å². The van der Waals surface area contributed by atoms with Gasteiger partial charge in [0.05, 0.1) is 4.92 Å². The van der Waals surface area contributed by atoms with Crippen molar-refractivity contribution in [3.8, 4) is 0 Å². The van der Waals surface area contributed by atoms with Gasteiger partial charge >= 0.3 is 0 Å². The topological polar surface area (TPSA) is 80.1 Å². The zero-order valence-corrected chi connectivity index (χ0v) is 11.6. The first-order valence-electron chi connectivity index (χ1n) is 5.48. The first kappa shape index (κ1) is 14.2. The molecule has 0 spiro atoms. The van der Waals surface area contributed by atoms with Gasteiger partial charge in [-0.1, -0.05) is 11.6 Å². The van der Waals surface area contributed by atoms with Crippen molar-refractivity contribution in [3.63, 3.8) is 0 Å². The van der Waals surface area contributed by atoms with Crippen LogP contribution < -0.4 is 10.6 Å². The van der Waals surface area contributed by atoms with Crippen LogP contribution in [-0.2, 0) is 0 Å². The van der Waals surface area contributed by atoms with Crippen LogP contribution >= 0.6 is 23.8 Å². The van der Waals surface area contributed by atoms with E-state index in [9.17, 15) is 10.1 Å². The first-order chi connectivity index (χ1) is 9.54. The highest BCUT2D eigenvalue weighted by Gasteiger charge is 2.06. The Labute approximate surface area is 124 Å². The summed E-state index contributed by atoms with van der Waals surface area (Å²) in [5, 5.41) is 17.2. The number of thiocarbonyl (C=S) groups is 1. The van der Waals surface area contributed by atoms with E-state index in [0.717, 1.165) is 11.9 Å². The molecule has 20 heavy (non-hydrogen) atoms. The highest BCUT2D eigenvalue weighted by Crippen LogP contribution is 2.15. The summed E-state index contributed by atoms with van der Waals surface area (Å²) in [5.41, 5.74) is 0.695. The minimum absolute atomic E-state index is 0.0767. The van der Waals surface area contributed by atoms with Gasteiger partial charge in [0.2, 0.25) is 0 Å². The molecule has 2 aromatic rings. The molecule has 6 nitrogen and oxygen atoms in total. The Morgan fingerprint density at radius 1 is 1.20 bits per heavy atom. The SMILES string of the molecule is O=[N+]([O-])c1ccc(NC(=S)Nc2ccc(Cl)cc2)nc1. The van der Waals surface area contributed by atoms with Crippen LogP contribution in [0.2, 0.25) is 5.02 Å². The van der Waals surface area contributed by atoms with E-state index < -0.39 is 4.92 Å². The molecule has 0 unspecified atom stereocenters. The largest absolute Gasteiger partial charge is 0.332 e.